The van der Waals surface area contributed by atoms with E-state index in [1.54, 1.807) is 25.1 Å². The van der Waals surface area contributed by atoms with Gasteiger partial charge in [0.15, 0.2) is 21.4 Å². The number of rotatable bonds is 8. The van der Waals surface area contributed by atoms with E-state index in [-0.39, 0.29) is 53.2 Å². The van der Waals surface area contributed by atoms with Crippen molar-refractivity contribution >= 4 is 26.7 Å². The van der Waals surface area contributed by atoms with Gasteiger partial charge in [0.1, 0.15) is 40.8 Å². The highest BCUT2D eigenvalue weighted by Gasteiger charge is 2.46. The lowest BCUT2D eigenvalue weighted by molar-refractivity contribution is -0.136. The van der Waals surface area contributed by atoms with Gasteiger partial charge in [0.25, 0.3) is 0 Å². The van der Waals surface area contributed by atoms with Crippen LogP contribution in [0, 0.1) is 17.5 Å². The molecule has 3 aromatic carbocycles. The van der Waals surface area contributed by atoms with Crippen molar-refractivity contribution < 1.29 is 45.4 Å². The highest BCUT2D eigenvalue weighted by molar-refractivity contribution is 7.91. The van der Waals surface area contributed by atoms with E-state index in [1.807, 2.05) is 0 Å². The maximum Gasteiger partial charge on any atom is 0.303 e. The summed E-state index contributed by atoms with van der Waals surface area (Å²) in [6.45, 7) is 1.28. The van der Waals surface area contributed by atoms with E-state index in [0.717, 1.165) is 24.5 Å². The molecule has 2 unspecified atom stereocenters. The Hall–Kier alpha value is -4.85. The van der Waals surface area contributed by atoms with Crippen molar-refractivity contribution in [2.24, 2.45) is 0 Å². The summed E-state index contributed by atoms with van der Waals surface area (Å²) in [7, 11) is -4.14. The first kappa shape index (κ1) is 30.2. The fraction of sp³-hybridized carbons (Fsp3) is 0.226. The van der Waals surface area contributed by atoms with Crippen LogP contribution in [0.25, 0.3) is 22.3 Å². The number of carbonyl (C=O) groups is 1. The van der Waals surface area contributed by atoms with Crippen molar-refractivity contribution in [2.45, 2.75) is 36.2 Å². The predicted octanol–water partition coefficient (Wildman–Crippen LogP) is 6.22. The van der Waals surface area contributed by atoms with Gasteiger partial charge in [-0.3, -0.25) is 4.79 Å². The van der Waals surface area contributed by atoms with Gasteiger partial charge in [-0.25, -0.2) is 26.6 Å². The van der Waals surface area contributed by atoms with Crippen molar-refractivity contribution in [3.63, 3.8) is 0 Å². The van der Waals surface area contributed by atoms with E-state index >= 15 is 13.2 Å². The number of alkyl halides is 1. The molecular weight excluding hydrogens is 618 g/mol. The summed E-state index contributed by atoms with van der Waals surface area (Å²) in [6.07, 6.45) is 1.92. The molecule has 234 valence electrons. The number of nitrogens with zero attached hydrogens (tertiary/aromatic N) is 1. The summed E-state index contributed by atoms with van der Waals surface area (Å²) in [5, 5.41) is 9.00. The van der Waals surface area contributed by atoms with E-state index in [4.69, 9.17) is 14.6 Å². The van der Waals surface area contributed by atoms with E-state index in [2.05, 4.69) is 15.0 Å². The fourth-order valence-corrected chi connectivity index (χ4v) is 6.65. The Morgan fingerprint density at radius 1 is 1.16 bits per heavy atom. The average molecular weight is 644 g/mol. The number of halogens is 4. The Balaban J connectivity index is 1.40. The van der Waals surface area contributed by atoms with Crippen molar-refractivity contribution in [1.29, 1.82) is 0 Å². The number of aliphatic carboxylic acids is 1. The minimum Gasteiger partial charge on any atom is -0.490 e. The first-order valence-electron chi connectivity index (χ1n) is 13.6. The molecule has 0 amide bonds. The molecule has 5 aromatic rings. The molecule has 9 nitrogen and oxygen atoms in total. The van der Waals surface area contributed by atoms with E-state index in [1.165, 1.54) is 18.5 Å². The molecule has 0 aliphatic carbocycles. The van der Waals surface area contributed by atoms with E-state index in [9.17, 15) is 17.6 Å². The number of hydrogen-bond donors (Lipinski definition) is 3. The molecule has 0 fully saturated rings. The minimum absolute atomic E-state index is 0.0486. The number of carboxylic acids is 1. The van der Waals surface area contributed by atoms with Crippen molar-refractivity contribution in [2.75, 3.05) is 12.9 Å². The van der Waals surface area contributed by atoms with Crippen molar-refractivity contribution in [3.8, 4) is 28.6 Å². The molecular formula is C31H25F4N3O6S. The lowest BCUT2D eigenvalue weighted by Gasteiger charge is -2.38. The number of nitrogens with one attached hydrogen (secondary N) is 2. The molecule has 14 heteroatoms. The molecule has 6 rings (SSSR count). The smallest absolute Gasteiger partial charge is 0.303 e. The number of aromatic nitrogens is 3. The number of aromatic amines is 2. The lowest BCUT2D eigenvalue weighted by Crippen LogP contribution is -2.43. The van der Waals surface area contributed by atoms with Crippen LogP contribution >= 0.6 is 0 Å². The number of sulfone groups is 1. The largest absolute Gasteiger partial charge is 0.490 e. The molecule has 0 bridgehead atoms. The van der Waals surface area contributed by atoms with Crippen LogP contribution in [0.5, 0.6) is 17.2 Å². The van der Waals surface area contributed by atoms with Gasteiger partial charge in [0.2, 0.25) is 5.82 Å². The maximum absolute atomic E-state index is 15.6. The number of hydrogen-bond acceptors (Lipinski definition) is 6. The summed E-state index contributed by atoms with van der Waals surface area (Å²) in [4.78, 5) is 20.3. The third kappa shape index (κ3) is 5.08. The number of benzene rings is 3. The topological polar surface area (TPSA) is 134 Å². The second kappa shape index (κ2) is 10.9. The van der Waals surface area contributed by atoms with Crippen LogP contribution in [0.1, 0.15) is 30.2 Å². The molecule has 0 spiro atoms. The van der Waals surface area contributed by atoms with Crippen LogP contribution in [0.3, 0.4) is 0 Å². The number of fused-ring (bicyclic) bond motifs is 2. The van der Waals surface area contributed by atoms with E-state index < -0.39 is 55.5 Å². The first-order valence-corrected chi connectivity index (χ1v) is 15.5. The molecule has 1 aliphatic rings. The van der Waals surface area contributed by atoms with Crippen LogP contribution in [-0.4, -0.2) is 53.5 Å². The zero-order valence-electron chi connectivity index (χ0n) is 23.8. The number of ether oxygens (including phenoxy) is 2. The monoisotopic (exact) mass is 643 g/mol. The average Bonchev–Trinajstić information content (AvgIpc) is 3.68. The quantitative estimate of drug-likeness (QED) is 0.135. The summed E-state index contributed by atoms with van der Waals surface area (Å²) in [5.74, 6) is -5.51. The summed E-state index contributed by atoms with van der Waals surface area (Å²) >= 11 is 0. The number of H-pyrrole nitrogens is 2. The van der Waals surface area contributed by atoms with Crippen LogP contribution in [0.2, 0.25) is 0 Å². The molecule has 0 saturated heterocycles. The highest BCUT2D eigenvalue weighted by Crippen LogP contribution is 2.47. The molecule has 2 atom stereocenters. The molecule has 1 aliphatic heterocycles. The van der Waals surface area contributed by atoms with Crippen molar-refractivity contribution in [3.05, 3.63) is 89.1 Å². The van der Waals surface area contributed by atoms with Gasteiger partial charge < -0.3 is 24.5 Å². The second-order valence-corrected chi connectivity index (χ2v) is 12.8. The standard InChI is InChI=1S/C31H25F4N3O6S/c1-31(19-5-3-4-15(6-9-23(39)40)27(19)43-14-21(31)33)22-13-37-30(38-22)18-12-16(7-8-20(18)32)44-28-25(35)24(34)26-17(10-11-36-26)29(28)45(2,41)42/h3-5,7-8,10-13,21,36H,6,9,14H2,1-2H3,(H,37,38)(H,39,40). The Morgan fingerprint density at radius 2 is 1.93 bits per heavy atom. The van der Waals surface area contributed by atoms with Gasteiger partial charge in [-0.15, -0.1) is 0 Å². The van der Waals surface area contributed by atoms with Crippen LogP contribution in [-0.2, 0) is 26.5 Å². The first-order chi connectivity index (χ1) is 21.3. The Morgan fingerprint density at radius 3 is 2.67 bits per heavy atom. The lowest BCUT2D eigenvalue weighted by atomic mass is 9.73. The van der Waals surface area contributed by atoms with Gasteiger partial charge >= 0.3 is 5.97 Å². The van der Waals surface area contributed by atoms with Gasteiger partial charge in [-0.2, -0.15) is 4.39 Å². The van der Waals surface area contributed by atoms with Gasteiger partial charge in [0, 0.05) is 36.0 Å². The SMILES string of the molecule is CC1(c2c[nH]c(-c3cc(Oc4c(F)c(F)c5[nH]ccc5c4S(C)(=O)=O)ccc3F)n2)c2cccc(CCC(=O)O)c2OCC1F. The highest BCUT2D eigenvalue weighted by atomic mass is 32.2. The zero-order valence-corrected chi connectivity index (χ0v) is 24.6. The van der Waals surface area contributed by atoms with Crippen LogP contribution in [0.4, 0.5) is 17.6 Å². The fourth-order valence-electron chi connectivity index (χ4n) is 5.62. The molecule has 3 heterocycles. The predicted molar refractivity (Wildman–Crippen MR) is 155 cm³/mol. The van der Waals surface area contributed by atoms with Gasteiger partial charge in [-0.1, -0.05) is 18.2 Å². The van der Waals surface area contributed by atoms with E-state index in [0.29, 0.717) is 16.9 Å². The number of aryl methyl sites for hydroxylation is 1. The Kier molecular flexibility index (Phi) is 7.34. The minimum atomic E-state index is -4.14. The number of carboxylic acid groups (broad SMARTS) is 1. The normalized spacial score (nSPS) is 18.0. The number of para-hydroxylation sites is 1. The number of imidazole rings is 1. The molecule has 0 saturated carbocycles. The molecule has 2 aromatic heterocycles. The Labute approximate surface area is 253 Å². The molecule has 0 radical (unpaired) electrons. The van der Waals surface area contributed by atoms with Gasteiger partial charge in [0.05, 0.1) is 22.2 Å². The molecule has 45 heavy (non-hydrogen) atoms. The van der Waals surface area contributed by atoms with Crippen molar-refractivity contribution in [1.82, 2.24) is 15.0 Å². The van der Waals surface area contributed by atoms with Crippen LogP contribution in [0.15, 0.2) is 59.8 Å². The third-order valence-corrected chi connectivity index (χ3v) is 9.11. The third-order valence-electron chi connectivity index (χ3n) is 7.97. The zero-order chi connectivity index (χ0) is 32.3. The summed E-state index contributed by atoms with van der Waals surface area (Å²) < 4.78 is 97.3. The van der Waals surface area contributed by atoms with Gasteiger partial charge in [-0.05, 0) is 43.2 Å². The summed E-state index contributed by atoms with van der Waals surface area (Å²) in [6, 6.07) is 9.51. The molecule has 3 N–H and O–H groups in total. The summed E-state index contributed by atoms with van der Waals surface area (Å²) in [5.41, 5.74) is -0.680. The maximum atomic E-state index is 15.6. The Bertz CT molecular complexity index is 2090. The van der Waals surface area contributed by atoms with Crippen LogP contribution < -0.4 is 9.47 Å². The second-order valence-electron chi connectivity index (χ2n) is 10.9.